The molecule has 2 bridgehead atoms. The van der Waals surface area contributed by atoms with Gasteiger partial charge in [-0.05, 0) is 55.4 Å². The highest BCUT2D eigenvalue weighted by molar-refractivity contribution is 5.95. The van der Waals surface area contributed by atoms with Crippen molar-refractivity contribution in [2.45, 2.75) is 38.1 Å². The predicted octanol–water partition coefficient (Wildman–Crippen LogP) is 3.29. The summed E-state index contributed by atoms with van der Waals surface area (Å²) in [6, 6.07) is 3.31. The van der Waals surface area contributed by atoms with E-state index in [0.29, 0.717) is 11.8 Å². The average Bonchev–Trinajstić information content (AvgIpc) is 3.19. The number of benzene rings is 1. The van der Waals surface area contributed by atoms with Crippen molar-refractivity contribution in [2.24, 2.45) is 23.7 Å². The van der Waals surface area contributed by atoms with Gasteiger partial charge in [-0.1, -0.05) is 6.42 Å². The van der Waals surface area contributed by atoms with Crippen LogP contribution >= 0.6 is 0 Å². The molecule has 3 aliphatic rings. The highest BCUT2D eigenvalue weighted by Crippen LogP contribution is 2.58. The van der Waals surface area contributed by atoms with Crippen LogP contribution < -0.4 is 5.32 Å². The quantitative estimate of drug-likeness (QED) is 0.686. The lowest BCUT2D eigenvalue weighted by atomic mass is 9.79. The fourth-order valence-corrected chi connectivity index (χ4v) is 5.28. The van der Waals surface area contributed by atoms with Gasteiger partial charge >= 0.3 is 0 Å². The van der Waals surface area contributed by atoms with E-state index < -0.39 is 16.6 Å². The smallest absolute Gasteiger partial charge is 0.272 e. The van der Waals surface area contributed by atoms with Gasteiger partial charge in [0, 0.05) is 12.1 Å². The number of fused-ring (bicyclic) bond motifs is 5. The van der Waals surface area contributed by atoms with Gasteiger partial charge in [-0.3, -0.25) is 14.9 Å². The van der Waals surface area contributed by atoms with Crippen molar-refractivity contribution in [2.75, 3.05) is 0 Å². The number of carbonyl (C=O) groups excluding carboxylic acids is 1. The number of nitro benzene ring substituents is 1. The van der Waals surface area contributed by atoms with Gasteiger partial charge in [0.2, 0.25) is 0 Å². The van der Waals surface area contributed by atoms with E-state index in [1.54, 1.807) is 0 Å². The van der Waals surface area contributed by atoms with Gasteiger partial charge in [0.25, 0.3) is 11.6 Å². The SMILES string of the molecule is O=C(NC1CC2CC1C1CCCC21)c1ccc([N+](=O)[O-])cc1F. The third kappa shape index (κ3) is 2.31. The van der Waals surface area contributed by atoms with Crippen molar-refractivity contribution >= 4 is 11.6 Å². The van der Waals surface area contributed by atoms with Crippen molar-refractivity contribution < 1.29 is 14.1 Å². The van der Waals surface area contributed by atoms with Crippen LogP contribution in [0.3, 0.4) is 0 Å². The molecule has 4 rings (SSSR count). The van der Waals surface area contributed by atoms with Crippen LogP contribution in [-0.2, 0) is 0 Å². The predicted molar refractivity (Wildman–Crippen MR) is 81.4 cm³/mol. The number of nitrogens with one attached hydrogen (secondary N) is 1. The molecule has 1 N–H and O–H groups in total. The second-order valence-corrected chi connectivity index (χ2v) is 7.16. The Labute approximate surface area is 133 Å². The molecule has 6 heteroatoms. The van der Waals surface area contributed by atoms with Crippen LogP contribution in [0, 0.1) is 39.6 Å². The molecule has 1 aromatic carbocycles. The zero-order valence-electron chi connectivity index (χ0n) is 12.7. The summed E-state index contributed by atoms with van der Waals surface area (Å²) < 4.78 is 14.0. The van der Waals surface area contributed by atoms with Gasteiger partial charge in [-0.25, -0.2) is 4.39 Å². The largest absolute Gasteiger partial charge is 0.349 e. The van der Waals surface area contributed by atoms with Crippen LogP contribution in [0.4, 0.5) is 10.1 Å². The molecule has 122 valence electrons. The maximum Gasteiger partial charge on any atom is 0.272 e. The molecule has 1 amide bonds. The number of carbonyl (C=O) groups is 1. The molecule has 5 nitrogen and oxygen atoms in total. The summed E-state index contributed by atoms with van der Waals surface area (Å²) in [5.41, 5.74) is -0.450. The standard InChI is InChI=1S/C17H19FN2O3/c18-15-8-10(20(22)23)4-5-13(15)17(21)19-16-7-9-6-14(16)12-3-1-2-11(9)12/h4-5,8-9,11-12,14,16H,1-3,6-7H2,(H,19,21). The minimum Gasteiger partial charge on any atom is -0.349 e. The minimum absolute atomic E-state index is 0.110. The summed E-state index contributed by atoms with van der Waals surface area (Å²) in [6.45, 7) is 0. The van der Waals surface area contributed by atoms with E-state index in [4.69, 9.17) is 0 Å². The number of rotatable bonds is 3. The summed E-state index contributed by atoms with van der Waals surface area (Å²) in [5, 5.41) is 13.6. The minimum atomic E-state index is -0.835. The van der Waals surface area contributed by atoms with Crippen LogP contribution in [-0.4, -0.2) is 16.9 Å². The molecular formula is C17H19FN2O3. The summed E-state index contributed by atoms with van der Waals surface area (Å²) in [6.07, 6.45) is 6.04. The molecule has 0 heterocycles. The number of non-ortho nitro benzene ring substituents is 1. The summed E-state index contributed by atoms with van der Waals surface area (Å²) in [4.78, 5) is 22.3. The number of hydrogen-bond donors (Lipinski definition) is 1. The Hall–Kier alpha value is -1.98. The van der Waals surface area contributed by atoms with Crippen LogP contribution in [0.25, 0.3) is 0 Å². The van der Waals surface area contributed by atoms with Crippen LogP contribution in [0.15, 0.2) is 18.2 Å². The highest BCUT2D eigenvalue weighted by atomic mass is 19.1. The maximum atomic E-state index is 14.0. The fourth-order valence-electron chi connectivity index (χ4n) is 5.28. The first kappa shape index (κ1) is 14.6. The summed E-state index contributed by atoms with van der Waals surface area (Å²) >= 11 is 0. The van der Waals surface area contributed by atoms with Crippen molar-refractivity contribution in [1.29, 1.82) is 0 Å². The highest BCUT2D eigenvalue weighted by Gasteiger charge is 2.54. The lowest BCUT2D eigenvalue weighted by Gasteiger charge is -2.32. The van der Waals surface area contributed by atoms with Crippen LogP contribution in [0.1, 0.15) is 42.5 Å². The Morgan fingerprint density at radius 1 is 1.22 bits per heavy atom. The summed E-state index contributed by atoms with van der Waals surface area (Å²) in [5.74, 6) is 1.50. The zero-order chi connectivity index (χ0) is 16.1. The number of amides is 1. The third-order valence-corrected chi connectivity index (χ3v) is 6.15. The molecule has 1 aromatic rings. The average molecular weight is 318 g/mol. The molecule has 0 aliphatic heterocycles. The Morgan fingerprint density at radius 2 is 2.00 bits per heavy atom. The zero-order valence-corrected chi connectivity index (χ0v) is 12.7. The van der Waals surface area contributed by atoms with E-state index in [-0.39, 0.29) is 17.3 Å². The molecule has 5 atom stereocenters. The second kappa shape index (κ2) is 5.28. The van der Waals surface area contributed by atoms with Gasteiger partial charge < -0.3 is 5.32 Å². The van der Waals surface area contributed by atoms with Crippen molar-refractivity contribution in [3.8, 4) is 0 Å². The van der Waals surface area contributed by atoms with E-state index in [9.17, 15) is 19.3 Å². The van der Waals surface area contributed by atoms with Crippen LogP contribution in [0.2, 0.25) is 0 Å². The Kier molecular flexibility index (Phi) is 3.36. The van der Waals surface area contributed by atoms with Crippen molar-refractivity contribution in [3.05, 3.63) is 39.7 Å². The molecule has 0 aromatic heterocycles. The molecule has 3 fully saturated rings. The molecule has 0 saturated heterocycles. The second-order valence-electron chi connectivity index (χ2n) is 7.16. The van der Waals surface area contributed by atoms with E-state index in [1.165, 1.54) is 37.8 Å². The first-order chi connectivity index (χ1) is 11.0. The molecule has 3 saturated carbocycles. The van der Waals surface area contributed by atoms with Gasteiger partial charge in [0.05, 0.1) is 16.6 Å². The molecule has 3 aliphatic carbocycles. The van der Waals surface area contributed by atoms with Gasteiger partial charge in [0.1, 0.15) is 5.82 Å². The lowest BCUT2D eigenvalue weighted by Crippen LogP contribution is -2.42. The lowest BCUT2D eigenvalue weighted by molar-refractivity contribution is -0.385. The van der Waals surface area contributed by atoms with Gasteiger partial charge in [-0.2, -0.15) is 0 Å². The molecule has 5 unspecified atom stereocenters. The number of halogens is 1. The van der Waals surface area contributed by atoms with Crippen molar-refractivity contribution in [1.82, 2.24) is 5.32 Å². The number of nitro groups is 1. The number of hydrogen-bond acceptors (Lipinski definition) is 3. The fraction of sp³-hybridized carbons (Fsp3) is 0.588. The first-order valence-electron chi connectivity index (χ1n) is 8.29. The normalized spacial score (nSPS) is 34.4. The number of nitrogens with zero attached hydrogens (tertiary/aromatic N) is 1. The summed E-state index contributed by atoms with van der Waals surface area (Å²) in [7, 11) is 0. The first-order valence-corrected chi connectivity index (χ1v) is 8.29. The van der Waals surface area contributed by atoms with Gasteiger partial charge in [-0.15, -0.1) is 0 Å². The molecular weight excluding hydrogens is 299 g/mol. The molecule has 0 spiro atoms. The maximum absolute atomic E-state index is 14.0. The third-order valence-electron chi connectivity index (χ3n) is 6.15. The monoisotopic (exact) mass is 318 g/mol. The van der Waals surface area contributed by atoms with E-state index >= 15 is 0 Å². The Balaban J connectivity index is 1.48. The molecule has 0 radical (unpaired) electrons. The van der Waals surface area contributed by atoms with E-state index in [1.807, 2.05) is 0 Å². The topological polar surface area (TPSA) is 72.2 Å². The Bertz CT molecular complexity index is 678. The van der Waals surface area contributed by atoms with Crippen LogP contribution in [0.5, 0.6) is 0 Å². The van der Waals surface area contributed by atoms with Gasteiger partial charge in [0.15, 0.2) is 0 Å². The Morgan fingerprint density at radius 3 is 2.74 bits per heavy atom. The van der Waals surface area contributed by atoms with Crippen molar-refractivity contribution in [3.63, 3.8) is 0 Å². The van der Waals surface area contributed by atoms with E-state index in [0.717, 1.165) is 24.3 Å². The van der Waals surface area contributed by atoms with E-state index in [2.05, 4.69) is 5.32 Å². The molecule has 23 heavy (non-hydrogen) atoms.